The molecule has 4 heteroatoms. The van der Waals surface area contributed by atoms with Gasteiger partial charge in [0.2, 0.25) is 0 Å². The fourth-order valence-corrected chi connectivity index (χ4v) is 3.99. The van der Waals surface area contributed by atoms with Crippen LogP contribution in [0.1, 0.15) is 11.1 Å². The van der Waals surface area contributed by atoms with Crippen LogP contribution < -0.4 is 0 Å². The van der Waals surface area contributed by atoms with Crippen LogP contribution in [0.4, 0.5) is 5.69 Å². The third kappa shape index (κ3) is 1.57. The van der Waals surface area contributed by atoms with Crippen LogP contribution in [0.5, 0.6) is 0 Å². The van der Waals surface area contributed by atoms with E-state index in [0.717, 1.165) is 16.0 Å². The molecule has 3 nitrogen and oxygen atoms in total. The van der Waals surface area contributed by atoms with Crippen LogP contribution in [-0.4, -0.2) is 10.8 Å². The molecule has 0 radical (unpaired) electrons. The minimum Gasteiger partial charge on any atom is -0.258 e. The zero-order valence-corrected chi connectivity index (χ0v) is 10.4. The summed E-state index contributed by atoms with van der Waals surface area (Å²) in [6, 6.07) is 13.3. The molecular weight excluding hydrogens is 246 g/mol. The van der Waals surface area contributed by atoms with Gasteiger partial charge in [0, 0.05) is 27.8 Å². The number of nitro benzene ring substituents is 1. The highest BCUT2D eigenvalue weighted by Gasteiger charge is 2.24. The molecule has 0 saturated carbocycles. The van der Waals surface area contributed by atoms with Crippen molar-refractivity contribution in [1.82, 2.24) is 0 Å². The number of nitrogens with zero attached hydrogens (tertiary/aromatic N) is 1. The summed E-state index contributed by atoms with van der Waals surface area (Å²) in [6.45, 7) is 0. The molecular formula is C14H11NO2S. The van der Waals surface area contributed by atoms with Gasteiger partial charge in [0.15, 0.2) is 0 Å². The molecule has 0 aromatic heterocycles. The van der Waals surface area contributed by atoms with Crippen molar-refractivity contribution in [3.8, 4) is 0 Å². The molecule has 0 spiro atoms. The van der Waals surface area contributed by atoms with E-state index in [2.05, 4.69) is 11.9 Å². The Kier molecular flexibility index (Phi) is 2.52. The zero-order chi connectivity index (χ0) is 12.7. The van der Waals surface area contributed by atoms with Crippen molar-refractivity contribution in [3.05, 3.63) is 63.7 Å². The second-order valence-electron chi connectivity index (χ2n) is 4.19. The van der Waals surface area contributed by atoms with Crippen LogP contribution in [0.15, 0.2) is 52.3 Å². The predicted octanol–water partition coefficient (Wildman–Crippen LogP) is 3.62. The van der Waals surface area contributed by atoms with Crippen LogP contribution in [0.3, 0.4) is 0 Å². The molecule has 1 aliphatic heterocycles. The van der Waals surface area contributed by atoms with E-state index in [-0.39, 0.29) is 21.1 Å². The van der Waals surface area contributed by atoms with Gasteiger partial charge in [-0.1, -0.05) is 30.1 Å². The van der Waals surface area contributed by atoms with Crippen molar-refractivity contribution in [1.29, 1.82) is 0 Å². The smallest absolute Gasteiger partial charge is 0.258 e. The molecule has 1 heterocycles. The van der Waals surface area contributed by atoms with E-state index >= 15 is 0 Å². The number of rotatable bonds is 1. The summed E-state index contributed by atoms with van der Waals surface area (Å²) in [5.74, 6) is 4.19. The summed E-state index contributed by atoms with van der Waals surface area (Å²) in [4.78, 5) is 13.0. The van der Waals surface area contributed by atoms with Crippen LogP contribution in [0.2, 0.25) is 0 Å². The number of hydrogen-bond donors (Lipinski definition) is 0. The van der Waals surface area contributed by atoms with Gasteiger partial charge in [-0.15, -0.1) is 10.5 Å². The Balaban J connectivity index is 2.25. The standard InChI is InChI=1S/C14H11NO2S/c1-18-13-7-3-2-5-10(13)9-11-12(15(16)17)6-4-8-14(11)18/h2-8H,1,9H2. The molecule has 18 heavy (non-hydrogen) atoms. The van der Waals surface area contributed by atoms with Gasteiger partial charge < -0.3 is 0 Å². The Morgan fingerprint density at radius 2 is 1.83 bits per heavy atom. The Hall–Kier alpha value is -1.94. The third-order valence-corrected chi connectivity index (χ3v) is 5.02. The quantitative estimate of drug-likeness (QED) is 0.379. The molecule has 2 aromatic carbocycles. The van der Waals surface area contributed by atoms with Crippen molar-refractivity contribution in [2.75, 3.05) is 0 Å². The first kappa shape index (κ1) is 11.2. The van der Waals surface area contributed by atoms with Crippen molar-refractivity contribution < 1.29 is 4.92 Å². The summed E-state index contributed by atoms with van der Waals surface area (Å²) in [5, 5.41) is 11.1. The second kappa shape index (κ2) is 4.07. The second-order valence-corrected chi connectivity index (χ2v) is 5.85. The Bertz CT molecular complexity index is 679. The Morgan fingerprint density at radius 3 is 2.61 bits per heavy atom. The van der Waals surface area contributed by atoms with Crippen molar-refractivity contribution in [3.63, 3.8) is 0 Å². The molecule has 0 bridgehead atoms. The number of nitro groups is 1. The van der Waals surface area contributed by atoms with E-state index in [1.54, 1.807) is 12.1 Å². The number of fused-ring (bicyclic) bond motifs is 2. The molecule has 0 aliphatic carbocycles. The van der Waals surface area contributed by atoms with Crippen LogP contribution in [0.25, 0.3) is 0 Å². The average molecular weight is 257 g/mol. The summed E-state index contributed by atoms with van der Waals surface area (Å²) < 4.78 is 0. The molecule has 0 fully saturated rings. The lowest BCUT2D eigenvalue weighted by Crippen LogP contribution is -2.04. The SMILES string of the molecule is C=S1c2ccccc2Cc2c([N+](=O)[O-])cccc21. The average Bonchev–Trinajstić information content (AvgIpc) is 2.38. The minimum atomic E-state index is -0.321. The highest BCUT2D eigenvalue weighted by atomic mass is 32.2. The Labute approximate surface area is 107 Å². The first-order valence-corrected chi connectivity index (χ1v) is 6.96. The fourth-order valence-electron chi connectivity index (χ4n) is 2.33. The molecule has 0 saturated heterocycles. The van der Waals surface area contributed by atoms with Crippen molar-refractivity contribution >= 4 is 22.0 Å². The van der Waals surface area contributed by atoms with Crippen LogP contribution in [-0.2, 0) is 6.42 Å². The Morgan fingerprint density at radius 1 is 1.11 bits per heavy atom. The summed E-state index contributed by atoms with van der Waals surface area (Å²) in [6.07, 6.45) is 0.627. The predicted molar refractivity (Wildman–Crippen MR) is 73.6 cm³/mol. The van der Waals surface area contributed by atoms with E-state index < -0.39 is 0 Å². The molecule has 90 valence electrons. The normalized spacial score (nSPS) is 16.8. The number of hydrogen-bond acceptors (Lipinski definition) is 2. The van der Waals surface area contributed by atoms with Gasteiger partial charge in [0.25, 0.3) is 5.69 Å². The molecule has 0 amide bonds. The van der Waals surface area contributed by atoms with Crippen LogP contribution in [0, 0.1) is 10.1 Å². The van der Waals surface area contributed by atoms with Crippen LogP contribution >= 0.6 is 10.5 Å². The van der Waals surface area contributed by atoms with E-state index in [0.29, 0.717) is 6.42 Å². The minimum absolute atomic E-state index is 0.211. The topological polar surface area (TPSA) is 43.1 Å². The molecule has 3 rings (SSSR count). The largest absolute Gasteiger partial charge is 0.274 e. The lowest BCUT2D eigenvalue weighted by molar-refractivity contribution is -0.385. The summed E-state index contributed by atoms with van der Waals surface area (Å²) >= 11 is 0. The van der Waals surface area contributed by atoms with E-state index in [1.807, 2.05) is 24.3 Å². The third-order valence-electron chi connectivity index (χ3n) is 3.18. The first-order chi connectivity index (χ1) is 8.68. The highest BCUT2D eigenvalue weighted by Crippen LogP contribution is 2.46. The molecule has 1 atom stereocenters. The van der Waals surface area contributed by atoms with Crippen molar-refractivity contribution in [2.24, 2.45) is 0 Å². The van der Waals surface area contributed by atoms with E-state index in [1.165, 1.54) is 4.90 Å². The highest BCUT2D eigenvalue weighted by molar-refractivity contribution is 8.14. The molecule has 2 aromatic rings. The van der Waals surface area contributed by atoms with E-state index in [4.69, 9.17) is 0 Å². The zero-order valence-electron chi connectivity index (χ0n) is 9.63. The van der Waals surface area contributed by atoms with Gasteiger partial charge in [0.1, 0.15) is 0 Å². The van der Waals surface area contributed by atoms with Gasteiger partial charge in [-0.25, -0.2) is 0 Å². The lowest BCUT2D eigenvalue weighted by Gasteiger charge is -2.22. The maximum Gasteiger partial charge on any atom is 0.274 e. The first-order valence-electron chi connectivity index (χ1n) is 5.56. The van der Waals surface area contributed by atoms with Gasteiger partial charge in [-0.2, -0.15) is 0 Å². The monoisotopic (exact) mass is 257 g/mol. The summed E-state index contributed by atoms with van der Waals surface area (Å²) in [5.41, 5.74) is 2.18. The maximum absolute atomic E-state index is 11.1. The molecule has 1 aliphatic rings. The van der Waals surface area contributed by atoms with Gasteiger partial charge in [-0.3, -0.25) is 10.1 Å². The maximum atomic E-state index is 11.1. The van der Waals surface area contributed by atoms with E-state index in [9.17, 15) is 10.1 Å². The lowest BCUT2D eigenvalue weighted by atomic mass is 10.0. The van der Waals surface area contributed by atoms with Gasteiger partial charge in [0.05, 0.1) is 4.92 Å². The van der Waals surface area contributed by atoms with Gasteiger partial charge in [-0.05, 0) is 17.7 Å². The fraction of sp³-hybridized carbons (Fsp3) is 0.0714. The molecule has 1 unspecified atom stereocenters. The van der Waals surface area contributed by atoms with Crippen molar-refractivity contribution in [2.45, 2.75) is 16.2 Å². The van der Waals surface area contributed by atoms with Gasteiger partial charge >= 0.3 is 0 Å². The molecule has 0 N–H and O–H groups in total. The summed E-state index contributed by atoms with van der Waals surface area (Å²) in [7, 11) is -0.321. The number of benzene rings is 2.